The summed E-state index contributed by atoms with van der Waals surface area (Å²) >= 11 is 0. The molecule has 1 heterocycles. The first-order chi connectivity index (χ1) is 10.4. The Balaban J connectivity index is 2.14. The molecule has 2 aromatic carbocycles. The van der Waals surface area contributed by atoms with Gasteiger partial charge in [-0.3, -0.25) is 4.98 Å². The van der Waals surface area contributed by atoms with Crippen LogP contribution < -0.4 is 0 Å². The van der Waals surface area contributed by atoms with Gasteiger partial charge in [-0.25, -0.2) is 4.98 Å². The van der Waals surface area contributed by atoms with Crippen molar-refractivity contribution < 1.29 is 0 Å². The molecular weight excluding hydrogens is 258 g/mol. The van der Waals surface area contributed by atoms with Gasteiger partial charge < -0.3 is 0 Å². The Morgan fingerprint density at radius 1 is 0.857 bits per heavy atom. The van der Waals surface area contributed by atoms with E-state index in [1.165, 1.54) is 0 Å². The van der Waals surface area contributed by atoms with E-state index in [0.29, 0.717) is 5.69 Å². The molecule has 0 saturated carbocycles. The van der Waals surface area contributed by atoms with Crippen molar-refractivity contribution in [3.05, 3.63) is 72.6 Å². The third-order valence-electron chi connectivity index (χ3n) is 3.21. The molecule has 0 amide bonds. The standard InChI is InChI=1S/C18H13N3/c19-12-11-16-18(15-9-5-2-6-10-15)21-17(13-20-16)14-7-3-1-4-8-14/h1-10,13H,11H2. The fourth-order valence-electron chi connectivity index (χ4n) is 2.19. The van der Waals surface area contributed by atoms with E-state index in [0.717, 1.165) is 22.5 Å². The molecule has 21 heavy (non-hydrogen) atoms. The molecule has 0 unspecified atom stereocenters. The molecule has 3 heteroatoms. The van der Waals surface area contributed by atoms with E-state index >= 15 is 0 Å². The molecule has 0 fully saturated rings. The summed E-state index contributed by atoms with van der Waals surface area (Å²) in [6, 6.07) is 21.9. The van der Waals surface area contributed by atoms with Crippen LogP contribution in [-0.2, 0) is 6.42 Å². The highest BCUT2D eigenvalue weighted by molar-refractivity contribution is 5.67. The van der Waals surface area contributed by atoms with Crippen LogP contribution in [0.15, 0.2) is 66.9 Å². The van der Waals surface area contributed by atoms with E-state index in [2.05, 4.69) is 11.1 Å². The predicted molar refractivity (Wildman–Crippen MR) is 82.2 cm³/mol. The third-order valence-corrected chi connectivity index (χ3v) is 3.21. The number of nitrogens with zero attached hydrogens (tertiary/aromatic N) is 3. The molecule has 0 aliphatic rings. The number of benzene rings is 2. The zero-order valence-electron chi connectivity index (χ0n) is 11.4. The molecule has 0 aliphatic carbocycles. The van der Waals surface area contributed by atoms with Gasteiger partial charge in [0.1, 0.15) is 0 Å². The molecule has 1 aromatic heterocycles. The van der Waals surface area contributed by atoms with Crippen molar-refractivity contribution in [2.24, 2.45) is 0 Å². The topological polar surface area (TPSA) is 49.6 Å². The van der Waals surface area contributed by atoms with E-state index in [1.807, 2.05) is 60.7 Å². The first-order valence-electron chi connectivity index (χ1n) is 6.72. The highest BCUT2D eigenvalue weighted by Gasteiger charge is 2.10. The summed E-state index contributed by atoms with van der Waals surface area (Å²) < 4.78 is 0. The van der Waals surface area contributed by atoms with E-state index in [9.17, 15) is 0 Å². The molecule has 100 valence electrons. The Morgan fingerprint density at radius 2 is 1.48 bits per heavy atom. The zero-order valence-corrected chi connectivity index (χ0v) is 11.4. The van der Waals surface area contributed by atoms with Gasteiger partial charge in [-0.1, -0.05) is 60.7 Å². The fourth-order valence-corrected chi connectivity index (χ4v) is 2.19. The van der Waals surface area contributed by atoms with E-state index in [-0.39, 0.29) is 6.42 Å². The molecular formula is C18H13N3. The summed E-state index contributed by atoms with van der Waals surface area (Å²) in [4.78, 5) is 9.15. The lowest BCUT2D eigenvalue weighted by atomic mass is 10.1. The molecule has 0 spiro atoms. The van der Waals surface area contributed by atoms with Crippen molar-refractivity contribution in [2.75, 3.05) is 0 Å². The smallest absolute Gasteiger partial charge is 0.0935 e. The van der Waals surface area contributed by atoms with Crippen LogP contribution in [0.1, 0.15) is 5.69 Å². The molecule has 0 saturated heterocycles. The van der Waals surface area contributed by atoms with Crippen LogP contribution in [0.4, 0.5) is 0 Å². The van der Waals surface area contributed by atoms with Crippen LogP contribution in [0.3, 0.4) is 0 Å². The molecule has 3 aromatic rings. The van der Waals surface area contributed by atoms with Gasteiger partial charge in [-0.2, -0.15) is 5.26 Å². The van der Waals surface area contributed by atoms with Crippen molar-refractivity contribution in [3.8, 4) is 28.6 Å². The quantitative estimate of drug-likeness (QED) is 0.726. The molecule has 3 nitrogen and oxygen atoms in total. The maximum absolute atomic E-state index is 8.96. The van der Waals surface area contributed by atoms with Gasteiger partial charge in [0, 0.05) is 11.1 Å². The molecule has 3 rings (SSSR count). The first-order valence-corrected chi connectivity index (χ1v) is 6.72. The summed E-state index contributed by atoms with van der Waals surface area (Å²) in [5.74, 6) is 0. The van der Waals surface area contributed by atoms with Crippen molar-refractivity contribution in [3.63, 3.8) is 0 Å². The Morgan fingerprint density at radius 3 is 2.10 bits per heavy atom. The second kappa shape index (κ2) is 5.98. The Kier molecular flexibility index (Phi) is 3.70. The van der Waals surface area contributed by atoms with Gasteiger partial charge in [0.15, 0.2) is 0 Å². The monoisotopic (exact) mass is 271 g/mol. The van der Waals surface area contributed by atoms with Crippen molar-refractivity contribution in [1.82, 2.24) is 9.97 Å². The summed E-state index contributed by atoms with van der Waals surface area (Å²) in [5, 5.41) is 8.96. The summed E-state index contributed by atoms with van der Waals surface area (Å²) in [6.07, 6.45) is 1.99. The minimum absolute atomic E-state index is 0.256. The lowest BCUT2D eigenvalue weighted by Gasteiger charge is -2.08. The number of rotatable bonds is 3. The van der Waals surface area contributed by atoms with Crippen LogP contribution in [0.25, 0.3) is 22.5 Å². The second-order valence-electron chi connectivity index (χ2n) is 4.62. The van der Waals surface area contributed by atoms with Crippen LogP contribution in [0, 0.1) is 11.3 Å². The summed E-state index contributed by atoms with van der Waals surface area (Å²) in [6.45, 7) is 0. The third kappa shape index (κ3) is 2.80. The second-order valence-corrected chi connectivity index (χ2v) is 4.62. The van der Waals surface area contributed by atoms with Crippen LogP contribution in [-0.4, -0.2) is 9.97 Å². The Hall–Kier alpha value is -2.99. The average molecular weight is 271 g/mol. The van der Waals surface area contributed by atoms with E-state index in [4.69, 9.17) is 10.2 Å². The minimum atomic E-state index is 0.256. The molecule has 0 N–H and O–H groups in total. The molecule has 0 bridgehead atoms. The highest BCUT2D eigenvalue weighted by atomic mass is 14.8. The van der Waals surface area contributed by atoms with Crippen molar-refractivity contribution >= 4 is 0 Å². The number of hydrogen-bond donors (Lipinski definition) is 0. The number of nitriles is 1. The Labute approximate surface area is 123 Å². The van der Waals surface area contributed by atoms with E-state index in [1.54, 1.807) is 6.20 Å². The maximum atomic E-state index is 8.96. The van der Waals surface area contributed by atoms with Gasteiger partial charge in [0.05, 0.1) is 35.8 Å². The van der Waals surface area contributed by atoms with Gasteiger partial charge in [-0.05, 0) is 0 Å². The van der Waals surface area contributed by atoms with Crippen LogP contribution in [0.5, 0.6) is 0 Å². The largest absolute Gasteiger partial charge is 0.256 e. The lowest BCUT2D eigenvalue weighted by Crippen LogP contribution is -1.98. The fraction of sp³-hybridized carbons (Fsp3) is 0.0556. The highest BCUT2D eigenvalue weighted by Crippen LogP contribution is 2.24. The van der Waals surface area contributed by atoms with Crippen molar-refractivity contribution in [1.29, 1.82) is 5.26 Å². The summed E-state index contributed by atoms with van der Waals surface area (Å²) in [7, 11) is 0. The van der Waals surface area contributed by atoms with Gasteiger partial charge in [-0.15, -0.1) is 0 Å². The minimum Gasteiger partial charge on any atom is -0.256 e. The van der Waals surface area contributed by atoms with Gasteiger partial charge in [0.2, 0.25) is 0 Å². The van der Waals surface area contributed by atoms with Gasteiger partial charge in [0.25, 0.3) is 0 Å². The average Bonchev–Trinajstić information content (AvgIpc) is 2.57. The molecule has 0 radical (unpaired) electrons. The van der Waals surface area contributed by atoms with Crippen molar-refractivity contribution in [2.45, 2.75) is 6.42 Å². The summed E-state index contributed by atoms with van der Waals surface area (Å²) in [5.41, 5.74) is 4.30. The van der Waals surface area contributed by atoms with E-state index < -0.39 is 0 Å². The number of hydrogen-bond acceptors (Lipinski definition) is 3. The van der Waals surface area contributed by atoms with Gasteiger partial charge >= 0.3 is 0 Å². The SMILES string of the molecule is N#CCc1ncc(-c2ccccc2)nc1-c1ccccc1. The first kappa shape index (κ1) is 13.0. The van der Waals surface area contributed by atoms with Crippen LogP contribution >= 0.6 is 0 Å². The molecule has 0 aliphatic heterocycles. The lowest BCUT2D eigenvalue weighted by molar-refractivity contribution is 1.07. The predicted octanol–water partition coefficient (Wildman–Crippen LogP) is 3.88. The maximum Gasteiger partial charge on any atom is 0.0935 e. The normalized spacial score (nSPS) is 10.0. The molecule has 0 atom stereocenters. The zero-order chi connectivity index (χ0) is 14.5. The Bertz CT molecular complexity index is 775. The van der Waals surface area contributed by atoms with Crippen LogP contribution in [0.2, 0.25) is 0 Å². The number of aromatic nitrogens is 2.